The molecule has 0 bridgehead atoms. The van der Waals surface area contributed by atoms with Crippen molar-refractivity contribution in [1.82, 2.24) is 19.8 Å². The summed E-state index contributed by atoms with van der Waals surface area (Å²) in [6, 6.07) is 15.8. The van der Waals surface area contributed by atoms with E-state index in [-0.39, 0.29) is 24.4 Å². The molecule has 2 atom stereocenters. The minimum Gasteiger partial charge on any atom is -0.396 e. The molecule has 0 aliphatic carbocycles. The number of aliphatic hydroxyl groups is 1. The molecule has 0 saturated carbocycles. The summed E-state index contributed by atoms with van der Waals surface area (Å²) in [6.45, 7) is 0.641. The van der Waals surface area contributed by atoms with E-state index in [1.165, 1.54) is 6.07 Å². The van der Waals surface area contributed by atoms with Crippen LogP contribution < -0.4 is 5.32 Å². The summed E-state index contributed by atoms with van der Waals surface area (Å²) in [6.07, 6.45) is 4.20. The van der Waals surface area contributed by atoms with Gasteiger partial charge in [-0.3, -0.25) is 15.1 Å². The molecule has 1 aromatic carbocycles. The number of hydrogen-bond donors (Lipinski definition) is 2. The summed E-state index contributed by atoms with van der Waals surface area (Å²) >= 11 is 5.60. The van der Waals surface area contributed by atoms with Gasteiger partial charge in [-0.25, -0.2) is 0 Å². The molecule has 2 aromatic heterocycles. The fraction of sp³-hybridized carbons (Fsp3) is 0.238. The Hall–Kier alpha value is -3.30. The monoisotopic (exact) mass is 423 g/mol. The lowest BCUT2D eigenvalue weighted by Crippen LogP contribution is -2.31. The van der Waals surface area contributed by atoms with E-state index >= 15 is 0 Å². The van der Waals surface area contributed by atoms with Gasteiger partial charge in [0.2, 0.25) is 0 Å². The van der Waals surface area contributed by atoms with Crippen LogP contribution in [0.15, 0.2) is 67.0 Å². The van der Waals surface area contributed by atoms with Crippen LogP contribution in [-0.4, -0.2) is 42.7 Å². The molecule has 0 spiro atoms. The maximum Gasteiger partial charge on any atom is 0.271 e. The fourth-order valence-electron chi connectivity index (χ4n) is 3.84. The molecule has 1 aliphatic rings. The number of nitrogens with one attached hydrogen (secondary N) is 1. The van der Waals surface area contributed by atoms with E-state index in [9.17, 15) is 15.2 Å². The SMILES string of the molecule is O=[N+]([O-])c1cccc(-n2cccc2[C@H]2[C@@H](c3ccccn3)NC(=S)N2CCCO)c1. The van der Waals surface area contributed by atoms with Gasteiger partial charge in [0.15, 0.2) is 5.11 Å². The molecule has 2 N–H and O–H groups in total. The summed E-state index contributed by atoms with van der Waals surface area (Å²) in [5.41, 5.74) is 2.51. The van der Waals surface area contributed by atoms with Crippen molar-refractivity contribution in [3.8, 4) is 5.69 Å². The largest absolute Gasteiger partial charge is 0.396 e. The minimum absolute atomic E-state index is 0.0330. The van der Waals surface area contributed by atoms with Crippen LogP contribution in [0, 0.1) is 10.1 Å². The molecule has 0 radical (unpaired) electrons. The molecule has 4 rings (SSSR count). The summed E-state index contributed by atoms with van der Waals surface area (Å²) in [5.74, 6) is 0. The fourth-order valence-corrected chi connectivity index (χ4v) is 4.17. The Morgan fingerprint density at radius 3 is 2.80 bits per heavy atom. The Kier molecular flexibility index (Phi) is 5.73. The van der Waals surface area contributed by atoms with Crippen LogP contribution in [0.2, 0.25) is 0 Å². The van der Waals surface area contributed by atoms with Crippen LogP contribution in [0.4, 0.5) is 5.69 Å². The third kappa shape index (κ3) is 3.77. The number of rotatable bonds is 7. The van der Waals surface area contributed by atoms with Gasteiger partial charge in [0.1, 0.15) is 0 Å². The number of pyridine rings is 1. The van der Waals surface area contributed by atoms with Gasteiger partial charge >= 0.3 is 0 Å². The molecule has 3 heterocycles. The van der Waals surface area contributed by atoms with E-state index in [2.05, 4.69) is 10.3 Å². The average molecular weight is 423 g/mol. The second-order valence-electron chi connectivity index (χ2n) is 6.98. The van der Waals surface area contributed by atoms with E-state index in [1.54, 1.807) is 18.3 Å². The molecule has 0 amide bonds. The van der Waals surface area contributed by atoms with Crippen molar-refractivity contribution < 1.29 is 10.0 Å². The molecule has 1 saturated heterocycles. The lowest BCUT2D eigenvalue weighted by molar-refractivity contribution is -0.384. The zero-order valence-electron chi connectivity index (χ0n) is 16.1. The predicted molar refractivity (Wildman–Crippen MR) is 116 cm³/mol. The zero-order chi connectivity index (χ0) is 21.1. The molecule has 154 valence electrons. The smallest absolute Gasteiger partial charge is 0.271 e. The second-order valence-corrected chi connectivity index (χ2v) is 7.36. The number of nitro groups is 1. The van der Waals surface area contributed by atoms with Gasteiger partial charge in [-0.15, -0.1) is 0 Å². The van der Waals surface area contributed by atoms with Crippen LogP contribution in [0.25, 0.3) is 5.69 Å². The van der Waals surface area contributed by atoms with Crippen molar-refractivity contribution in [1.29, 1.82) is 0 Å². The van der Waals surface area contributed by atoms with Gasteiger partial charge < -0.3 is 19.9 Å². The average Bonchev–Trinajstić information content (AvgIpc) is 3.37. The first-order chi connectivity index (χ1) is 14.6. The molecular weight excluding hydrogens is 402 g/mol. The highest BCUT2D eigenvalue weighted by Gasteiger charge is 2.40. The predicted octanol–water partition coefficient (Wildman–Crippen LogP) is 3.14. The van der Waals surface area contributed by atoms with Gasteiger partial charge in [-0.2, -0.15) is 0 Å². The number of aromatic nitrogens is 2. The quantitative estimate of drug-likeness (QED) is 0.342. The molecule has 1 fully saturated rings. The Bertz CT molecular complexity index is 1060. The lowest BCUT2D eigenvalue weighted by Gasteiger charge is -2.28. The molecule has 8 nitrogen and oxygen atoms in total. The van der Waals surface area contributed by atoms with Crippen LogP contribution in [-0.2, 0) is 0 Å². The highest BCUT2D eigenvalue weighted by Crippen LogP contribution is 2.39. The van der Waals surface area contributed by atoms with Gasteiger partial charge in [0, 0.05) is 43.4 Å². The molecule has 3 aromatic rings. The maximum atomic E-state index is 11.2. The molecule has 1 aliphatic heterocycles. The number of benzene rings is 1. The van der Waals surface area contributed by atoms with Crippen LogP contribution in [0.3, 0.4) is 0 Å². The van der Waals surface area contributed by atoms with Gasteiger partial charge in [-0.05, 0) is 49.0 Å². The third-order valence-electron chi connectivity index (χ3n) is 5.16. The van der Waals surface area contributed by atoms with Crippen molar-refractivity contribution in [2.45, 2.75) is 18.5 Å². The van der Waals surface area contributed by atoms with Crippen molar-refractivity contribution in [2.75, 3.05) is 13.2 Å². The normalized spacial score (nSPS) is 18.4. The number of nitro benzene ring substituents is 1. The first kappa shape index (κ1) is 20.0. The molecule has 30 heavy (non-hydrogen) atoms. The Labute approximate surface area is 178 Å². The molecular formula is C21H21N5O3S. The van der Waals surface area contributed by atoms with E-state index in [1.807, 2.05) is 52.1 Å². The van der Waals surface area contributed by atoms with Gasteiger partial charge in [0.05, 0.1) is 28.4 Å². The summed E-state index contributed by atoms with van der Waals surface area (Å²) < 4.78 is 1.94. The van der Waals surface area contributed by atoms with Crippen LogP contribution in [0.1, 0.15) is 29.9 Å². The van der Waals surface area contributed by atoms with Gasteiger partial charge in [-0.1, -0.05) is 12.1 Å². The highest BCUT2D eigenvalue weighted by atomic mass is 32.1. The van der Waals surface area contributed by atoms with Crippen molar-refractivity contribution in [2.24, 2.45) is 0 Å². The summed E-state index contributed by atoms with van der Waals surface area (Å²) in [5, 5.41) is 24.6. The zero-order valence-corrected chi connectivity index (χ0v) is 16.9. The Balaban J connectivity index is 1.79. The van der Waals surface area contributed by atoms with Crippen molar-refractivity contribution >= 4 is 23.0 Å². The maximum absolute atomic E-state index is 11.2. The molecule has 9 heteroatoms. The topological polar surface area (TPSA) is 96.5 Å². The lowest BCUT2D eigenvalue weighted by atomic mass is 10.0. The Morgan fingerprint density at radius 2 is 2.07 bits per heavy atom. The number of nitrogens with zero attached hydrogens (tertiary/aromatic N) is 4. The summed E-state index contributed by atoms with van der Waals surface area (Å²) in [7, 11) is 0. The first-order valence-electron chi connectivity index (χ1n) is 9.61. The van der Waals surface area contributed by atoms with Crippen LogP contribution >= 0.6 is 12.2 Å². The minimum atomic E-state index is -0.400. The third-order valence-corrected chi connectivity index (χ3v) is 5.51. The van der Waals surface area contributed by atoms with Crippen molar-refractivity contribution in [3.05, 3.63) is 88.5 Å². The Morgan fingerprint density at radius 1 is 1.20 bits per heavy atom. The number of aliphatic hydroxyl groups excluding tert-OH is 1. The number of hydrogen-bond acceptors (Lipinski definition) is 5. The summed E-state index contributed by atoms with van der Waals surface area (Å²) in [4.78, 5) is 17.4. The second kappa shape index (κ2) is 8.60. The van der Waals surface area contributed by atoms with Gasteiger partial charge in [0.25, 0.3) is 5.69 Å². The number of thiocarbonyl (C=S) groups is 1. The van der Waals surface area contributed by atoms with Crippen molar-refractivity contribution in [3.63, 3.8) is 0 Å². The highest BCUT2D eigenvalue weighted by molar-refractivity contribution is 7.80. The van der Waals surface area contributed by atoms with E-state index in [0.717, 1.165) is 11.4 Å². The van der Waals surface area contributed by atoms with E-state index < -0.39 is 4.92 Å². The van der Waals surface area contributed by atoms with Crippen LogP contribution in [0.5, 0.6) is 0 Å². The first-order valence-corrected chi connectivity index (χ1v) is 10.0. The number of non-ortho nitro benzene ring substituents is 1. The van der Waals surface area contributed by atoms with E-state index in [0.29, 0.717) is 23.8 Å². The standard InChI is InChI=1S/C21H21N5O3S/c27-13-5-12-25-20(19(23-21(25)30)17-8-1-2-10-22-17)18-9-4-11-24(18)15-6-3-7-16(14-15)26(28)29/h1-4,6-11,14,19-20,27H,5,12-13H2,(H,23,30)/t19-,20+/m1/s1. The molecule has 0 unspecified atom stereocenters. The van der Waals surface area contributed by atoms with E-state index in [4.69, 9.17) is 12.2 Å².